The van der Waals surface area contributed by atoms with Gasteiger partial charge in [-0.1, -0.05) is 0 Å². The summed E-state index contributed by atoms with van der Waals surface area (Å²) in [6, 6.07) is -2.57. The highest BCUT2D eigenvalue weighted by atomic mass is 16.5. The minimum absolute atomic E-state index is 0.00560. The van der Waals surface area contributed by atoms with Gasteiger partial charge in [-0.3, -0.25) is 9.59 Å². The maximum atomic E-state index is 11.9. The zero-order valence-corrected chi connectivity index (χ0v) is 16.1. The molecular weight excluding hydrogens is 376 g/mol. The van der Waals surface area contributed by atoms with Gasteiger partial charge in [0.05, 0.1) is 13.2 Å². The molecule has 11 nitrogen and oxygen atoms in total. The summed E-state index contributed by atoms with van der Waals surface area (Å²) in [5, 5.41) is 22.7. The van der Waals surface area contributed by atoms with Crippen LogP contribution in [0.1, 0.15) is 39.5 Å². The molecule has 160 valence electrons. The van der Waals surface area contributed by atoms with Crippen molar-refractivity contribution in [3.8, 4) is 0 Å². The molecule has 0 aliphatic heterocycles. The molecule has 0 aliphatic carbocycles. The second kappa shape index (κ2) is 14.5. The molecule has 0 aromatic rings. The van der Waals surface area contributed by atoms with E-state index in [1.165, 1.54) is 6.92 Å². The van der Waals surface area contributed by atoms with E-state index in [2.05, 4.69) is 10.6 Å². The first-order valence-corrected chi connectivity index (χ1v) is 8.86. The second-order valence-electron chi connectivity index (χ2n) is 5.95. The molecule has 0 unspecified atom stereocenters. The molecule has 0 spiro atoms. The van der Waals surface area contributed by atoms with Gasteiger partial charge in [0.15, 0.2) is 0 Å². The third-order valence-electron chi connectivity index (χ3n) is 3.52. The van der Waals surface area contributed by atoms with Crippen LogP contribution >= 0.6 is 0 Å². The molecule has 4 N–H and O–H groups in total. The largest absolute Gasteiger partial charge is 0.480 e. The highest BCUT2D eigenvalue weighted by Crippen LogP contribution is 2.03. The van der Waals surface area contributed by atoms with Crippen molar-refractivity contribution in [2.24, 2.45) is 0 Å². The molecule has 0 saturated heterocycles. The first kappa shape index (κ1) is 25.5. The molecule has 0 aromatic carbocycles. The molecule has 0 aromatic heterocycles. The Balaban J connectivity index is 4.39. The van der Waals surface area contributed by atoms with Gasteiger partial charge < -0.3 is 35.1 Å². The number of hydrogen-bond donors (Lipinski definition) is 4. The van der Waals surface area contributed by atoms with E-state index in [0.29, 0.717) is 13.2 Å². The number of amides is 2. The van der Waals surface area contributed by atoms with Gasteiger partial charge in [0.25, 0.3) is 0 Å². The molecule has 28 heavy (non-hydrogen) atoms. The molecule has 0 heterocycles. The van der Waals surface area contributed by atoms with Gasteiger partial charge in [0, 0.05) is 19.4 Å². The van der Waals surface area contributed by atoms with Crippen molar-refractivity contribution in [2.45, 2.75) is 51.6 Å². The van der Waals surface area contributed by atoms with Crippen molar-refractivity contribution in [1.29, 1.82) is 0 Å². The Morgan fingerprint density at radius 1 is 0.821 bits per heavy atom. The van der Waals surface area contributed by atoms with Crippen LogP contribution in [0.5, 0.6) is 0 Å². The van der Waals surface area contributed by atoms with Crippen LogP contribution in [0.3, 0.4) is 0 Å². The first-order chi connectivity index (χ1) is 13.2. The summed E-state index contributed by atoms with van der Waals surface area (Å²) in [5.74, 6) is -4.18. The van der Waals surface area contributed by atoms with E-state index >= 15 is 0 Å². The molecule has 11 heteroatoms. The summed E-state index contributed by atoms with van der Waals surface area (Å²) in [7, 11) is 0. The monoisotopic (exact) mass is 404 g/mol. The summed E-state index contributed by atoms with van der Waals surface area (Å²) in [4.78, 5) is 56.9. The average molecular weight is 404 g/mol. The normalized spacial score (nSPS) is 12.6. The average Bonchev–Trinajstić information content (AvgIpc) is 2.61. The van der Waals surface area contributed by atoms with Crippen LogP contribution in [-0.2, 0) is 33.4 Å². The SMILES string of the molecule is CCOCCOCC(=O)N[C@@H](CCC(=O)N[C@@H](CCC(C)=O)C(=O)O)C(=O)O. The van der Waals surface area contributed by atoms with Crippen molar-refractivity contribution in [1.82, 2.24) is 10.6 Å². The lowest BCUT2D eigenvalue weighted by Crippen LogP contribution is -2.45. The second-order valence-corrected chi connectivity index (χ2v) is 5.95. The van der Waals surface area contributed by atoms with Gasteiger partial charge in [-0.05, 0) is 26.7 Å². The van der Waals surface area contributed by atoms with E-state index in [-0.39, 0.29) is 44.7 Å². The smallest absolute Gasteiger partial charge is 0.326 e. The van der Waals surface area contributed by atoms with E-state index < -0.39 is 35.8 Å². The maximum absolute atomic E-state index is 11.9. The number of carboxylic acid groups (broad SMARTS) is 2. The van der Waals surface area contributed by atoms with Gasteiger partial charge in [-0.2, -0.15) is 0 Å². The van der Waals surface area contributed by atoms with E-state index in [9.17, 15) is 24.0 Å². The van der Waals surface area contributed by atoms with E-state index in [4.69, 9.17) is 19.7 Å². The Bertz CT molecular complexity index is 551. The summed E-state index contributed by atoms with van der Waals surface area (Å²) >= 11 is 0. The van der Waals surface area contributed by atoms with Gasteiger partial charge in [0.2, 0.25) is 11.8 Å². The number of ether oxygens (including phenoxy) is 2. The van der Waals surface area contributed by atoms with Crippen LogP contribution in [0, 0.1) is 0 Å². The van der Waals surface area contributed by atoms with Crippen molar-refractivity contribution in [3.05, 3.63) is 0 Å². The zero-order chi connectivity index (χ0) is 21.5. The van der Waals surface area contributed by atoms with Gasteiger partial charge >= 0.3 is 11.9 Å². The summed E-state index contributed by atoms with van der Waals surface area (Å²) in [6.07, 6.45) is -0.611. The Hall–Kier alpha value is -2.53. The number of aliphatic carboxylic acids is 2. The highest BCUT2D eigenvalue weighted by Gasteiger charge is 2.24. The van der Waals surface area contributed by atoms with Gasteiger partial charge in [0.1, 0.15) is 24.5 Å². The van der Waals surface area contributed by atoms with Crippen molar-refractivity contribution < 1.29 is 43.7 Å². The standard InChI is InChI=1S/C17H28N2O9/c1-3-27-8-9-28-10-15(22)19-13(17(25)26)6-7-14(21)18-12(16(23)24)5-4-11(2)20/h12-13H,3-10H2,1-2H3,(H,18,21)(H,19,22)(H,23,24)(H,25,26)/t12-,13-/m0/s1. The predicted molar refractivity (Wildman–Crippen MR) is 95.6 cm³/mol. The summed E-state index contributed by atoms with van der Waals surface area (Å²) in [5.41, 5.74) is 0. The lowest BCUT2D eigenvalue weighted by atomic mass is 10.1. The number of carbonyl (C=O) groups is 5. The fourth-order valence-electron chi connectivity index (χ4n) is 2.07. The number of carbonyl (C=O) groups excluding carboxylic acids is 3. The lowest BCUT2D eigenvalue weighted by molar-refractivity contribution is -0.144. The number of Topliss-reactive ketones (excluding diaryl/α,β-unsaturated/α-hetero) is 1. The lowest BCUT2D eigenvalue weighted by Gasteiger charge is -2.16. The number of nitrogens with one attached hydrogen (secondary N) is 2. The van der Waals surface area contributed by atoms with Crippen LogP contribution in [0.2, 0.25) is 0 Å². The van der Waals surface area contributed by atoms with E-state index in [0.717, 1.165) is 0 Å². The number of hydrogen-bond acceptors (Lipinski definition) is 7. The molecule has 0 rings (SSSR count). The Labute approximate surface area is 162 Å². The quantitative estimate of drug-likeness (QED) is 0.244. The molecule has 0 radical (unpaired) electrons. The van der Waals surface area contributed by atoms with Crippen LogP contribution in [0.4, 0.5) is 0 Å². The predicted octanol–water partition coefficient (Wildman–Crippen LogP) is -0.672. The number of rotatable bonds is 16. The third kappa shape index (κ3) is 12.8. The van der Waals surface area contributed by atoms with Crippen LogP contribution in [0.15, 0.2) is 0 Å². The molecule has 0 fully saturated rings. The molecular formula is C17H28N2O9. The first-order valence-electron chi connectivity index (χ1n) is 8.86. The fourth-order valence-corrected chi connectivity index (χ4v) is 2.07. The molecule has 0 saturated carbocycles. The van der Waals surface area contributed by atoms with Crippen molar-refractivity contribution in [2.75, 3.05) is 26.4 Å². The van der Waals surface area contributed by atoms with Crippen molar-refractivity contribution >= 4 is 29.5 Å². The van der Waals surface area contributed by atoms with Gasteiger partial charge in [-0.25, -0.2) is 9.59 Å². The van der Waals surface area contributed by atoms with Crippen molar-refractivity contribution in [3.63, 3.8) is 0 Å². The van der Waals surface area contributed by atoms with E-state index in [1.54, 1.807) is 0 Å². The van der Waals surface area contributed by atoms with Gasteiger partial charge in [-0.15, -0.1) is 0 Å². The Morgan fingerprint density at radius 2 is 1.32 bits per heavy atom. The fraction of sp³-hybridized carbons (Fsp3) is 0.706. The maximum Gasteiger partial charge on any atom is 0.326 e. The Morgan fingerprint density at radius 3 is 1.82 bits per heavy atom. The van der Waals surface area contributed by atoms with Crippen LogP contribution in [-0.4, -0.2) is 78.3 Å². The summed E-state index contributed by atoms with van der Waals surface area (Å²) < 4.78 is 10.0. The molecule has 2 amide bonds. The zero-order valence-electron chi connectivity index (χ0n) is 16.1. The number of carboxylic acids is 2. The minimum atomic E-state index is -1.33. The van der Waals surface area contributed by atoms with E-state index in [1.807, 2.05) is 6.92 Å². The third-order valence-corrected chi connectivity index (χ3v) is 3.52. The molecule has 2 atom stereocenters. The molecule has 0 bridgehead atoms. The van der Waals surface area contributed by atoms with Crippen LogP contribution in [0.25, 0.3) is 0 Å². The topological polar surface area (TPSA) is 168 Å². The number of ketones is 1. The molecule has 0 aliphatic rings. The Kier molecular flexibility index (Phi) is 13.2. The summed E-state index contributed by atoms with van der Waals surface area (Å²) in [6.45, 7) is 3.76. The highest BCUT2D eigenvalue weighted by molar-refractivity contribution is 5.86. The van der Waals surface area contributed by atoms with Crippen LogP contribution < -0.4 is 10.6 Å². The minimum Gasteiger partial charge on any atom is -0.480 e.